The molecule has 2 aromatic rings. The first-order valence-electron chi connectivity index (χ1n) is 5.34. The number of hydrogen-bond donors (Lipinski definition) is 1. The van der Waals surface area contributed by atoms with Gasteiger partial charge in [-0.25, -0.2) is 9.78 Å². The van der Waals surface area contributed by atoms with Gasteiger partial charge >= 0.3 is 5.97 Å². The SMILES string of the molecule is COC(=O)c1cccnc1NCCc1ncno1. The number of anilines is 1. The van der Waals surface area contributed by atoms with Crippen molar-refractivity contribution >= 4 is 11.8 Å². The van der Waals surface area contributed by atoms with Crippen molar-refractivity contribution in [3.8, 4) is 0 Å². The number of aromatic nitrogens is 3. The van der Waals surface area contributed by atoms with E-state index in [0.717, 1.165) is 0 Å². The van der Waals surface area contributed by atoms with Gasteiger partial charge in [-0.05, 0) is 12.1 Å². The minimum Gasteiger partial charge on any atom is -0.465 e. The van der Waals surface area contributed by atoms with E-state index >= 15 is 0 Å². The lowest BCUT2D eigenvalue weighted by atomic mass is 10.2. The Balaban J connectivity index is 1.98. The van der Waals surface area contributed by atoms with Crippen LogP contribution < -0.4 is 5.32 Å². The zero-order chi connectivity index (χ0) is 12.8. The molecule has 1 N–H and O–H groups in total. The van der Waals surface area contributed by atoms with E-state index in [4.69, 9.17) is 4.52 Å². The highest BCUT2D eigenvalue weighted by molar-refractivity contribution is 5.94. The van der Waals surface area contributed by atoms with Crippen LogP contribution in [-0.4, -0.2) is 34.7 Å². The van der Waals surface area contributed by atoms with Crippen molar-refractivity contribution < 1.29 is 14.1 Å². The second-order valence-electron chi connectivity index (χ2n) is 3.40. The highest BCUT2D eigenvalue weighted by Crippen LogP contribution is 2.12. The Morgan fingerprint density at radius 1 is 1.50 bits per heavy atom. The largest absolute Gasteiger partial charge is 0.465 e. The van der Waals surface area contributed by atoms with Gasteiger partial charge in [0.05, 0.1) is 7.11 Å². The van der Waals surface area contributed by atoms with Gasteiger partial charge in [-0.2, -0.15) is 4.98 Å². The number of hydrogen-bond acceptors (Lipinski definition) is 7. The van der Waals surface area contributed by atoms with Crippen molar-refractivity contribution in [2.45, 2.75) is 6.42 Å². The molecule has 7 heteroatoms. The summed E-state index contributed by atoms with van der Waals surface area (Å²) in [6.45, 7) is 0.531. The van der Waals surface area contributed by atoms with Crippen molar-refractivity contribution in [3.05, 3.63) is 36.1 Å². The number of carbonyl (C=O) groups is 1. The number of nitrogens with one attached hydrogen (secondary N) is 1. The summed E-state index contributed by atoms with van der Waals surface area (Å²) in [7, 11) is 1.33. The Labute approximate surface area is 103 Å². The second-order valence-corrected chi connectivity index (χ2v) is 3.40. The first-order chi connectivity index (χ1) is 8.81. The van der Waals surface area contributed by atoms with E-state index in [1.807, 2.05) is 0 Å². The molecule has 2 heterocycles. The summed E-state index contributed by atoms with van der Waals surface area (Å²) in [6.07, 6.45) is 3.49. The highest BCUT2D eigenvalue weighted by atomic mass is 16.5. The summed E-state index contributed by atoms with van der Waals surface area (Å²) in [5, 5.41) is 6.53. The molecule has 0 radical (unpaired) electrons. The lowest BCUT2D eigenvalue weighted by Crippen LogP contribution is -2.12. The van der Waals surface area contributed by atoms with Crippen LogP contribution in [0.25, 0.3) is 0 Å². The quantitative estimate of drug-likeness (QED) is 0.786. The molecule has 0 aliphatic rings. The molecule has 0 bridgehead atoms. The number of nitrogens with zero attached hydrogens (tertiary/aromatic N) is 3. The smallest absolute Gasteiger partial charge is 0.341 e. The molecule has 0 aliphatic heterocycles. The normalized spacial score (nSPS) is 10.1. The molecular formula is C11H12N4O3. The molecule has 0 fully saturated rings. The maximum atomic E-state index is 11.5. The first-order valence-corrected chi connectivity index (χ1v) is 5.34. The maximum Gasteiger partial charge on any atom is 0.341 e. The summed E-state index contributed by atoms with van der Waals surface area (Å²) in [6, 6.07) is 3.32. The van der Waals surface area contributed by atoms with Crippen molar-refractivity contribution in [2.75, 3.05) is 19.0 Å². The van der Waals surface area contributed by atoms with Gasteiger partial charge in [0.15, 0.2) is 6.33 Å². The van der Waals surface area contributed by atoms with E-state index in [0.29, 0.717) is 30.2 Å². The number of pyridine rings is 1. The zero-order valence-corrected chi connectivity index (χ0v) is 9.79. The van der Waals surface area contributed by atoms with Crippen LogP contribution in [-0.2, 0) is 11.2 Å². The monoisotopic (exact) mass is 248 g/mol. The van der Waals surface area contributed by atoms with E-state index in [-0.39, 0.29) is 0 Å². The molecule has 18 heavy (non-hydrogen) atoms. The average Bonchev–Trinajstić information content (AvgIpc) is 2.92. The van der Waals surface area contributed by atoms with Gasteiger partial charge < -0.3 is 14.6 Å². The Morgan fingerprint density at radius 2 is 2.39 bits per heavy atom. The third-order valence-electron chi connectivity index (χ3n) is 2.25. The van der Waals surface area contributed by atoms with Gasteiger partial charge in [0, 0.05) is 19.2 Å². The van der Waals surface area contributed by atoms with Gasteiger partial charge in [0.1, 0.15) is 11.4 Å². The van der Waals surface area contributed by atoms with Crippen molar-refractivity contribution in [3.63, 3.8) is 0 Å². The predicted octanol–water partition coefficient (Wildman–Crippen LogP) is 0.906. The minimum absolute atomic E-state index is 0.394. The van der Waals surface area contributed by atoms with Crippen LogP contribution in [0.4, 0.5) is 5.82 Å². The van der Waals surface area contributed by atoms with Gasteiger partial charge in [-0.3, -0.25) is 0 Å². The van der Waals surface area contributed by atoms with E-state index in [1.54, 1.807) is 18.3 Å². The molecule has 7 nitrogen and oxygen atoms in total. The van der Waals surface area contributed by atoms with Crippen molar-refractivity contribution in [1.29, 1.82) is 0 Å². The average molecular weight is 248 g/mol. The third-order valence-corrected chi connectivity index (χ3v) is 2.25. The van der Waals surface area contributed by atoms with Crippen molar-refractivity contribution in [1.82, 2.24) is 15.1 Å². The number of carbonyl (C=O) groups excluding carboxylic acids is 1. The van der Waals surface area contributed by atoms with E-state index in [9.17, 15) is 4.79 Å². The molecule has 0 saturated carbocycles. The maximum absolute atomic E-state index is 11.5. The summed E-state index contributed by atoms with van der Waals surface area (Å²) >= 11 is 0. The topological polar surface area (TPSA) is 90.1 Å². The van der Waals surface area contributed by atoms with Crippen LogP contribution in [0.2, 0.25) is 0 Å². The Bertz CT molecular complexity index is 513. The number of esters is 1. The van der Waals surface area contributed by atoms with Crippen LogP contribution in [0.15, 0.2) is 29.2 Å². The van der Waals surface area contributed by atoms with Gasteiger partial charge in [0.25, 0.3) is 0 Å². The zero-order valence-electron chi connectivity index (χ0n) is 9.79. The molecule has 94 valence electrons. The lowest BCUT2D eigenvalue weighted by molar-refractivity contribution is 0.0601. The summed E-state index contributed by atoms with van der Waals surface area (Å²) in [4.78, 5) is 19.5. The molecule has 0 spiro atoms. The fraction of sp³-hybridized carbons (Fsp3) is 0.273. The van der Waals surface area contributed by atoms with Crippen LogP contribution in [0.3, 0.4) is 0 Å². The molecule has 2 rings (SSSR count). The van der Waals surface area contributed by atoms with Crippen LogP contribution >= 0.6 is 0 Å². The van der Waals surface area contributed by atoms with E-state index < -0.39 is 5.97 Å². The molecule has 0 amide bonds. The Morgan fingerprint density at radius 3 is 3.11 bits per heavy atom. The molecule has 0 atom stereocenters. The fourth-order valence-electron chi connectivity index (χ4n) is 1.41. The molecular weight excluding hydrogens is 236 g/mol. The first kappa shape index (κ1) is 12.0. The fourth-order valence-corrected chi connectivity index (χ4v) is 1.41. The van der Waals surface area contributed by atoms with Gasteiger partial charge in [0.2, 0.25) is 5.89 Å². The van der Waals surface area contributed by atoms with E-state index in [2.05, 4.69) is 25.2 Å². The van der Waals surface area contributed by atoms with Crippen LogP contribution in [0.1, 0.15) is 16.2 Å². The molecule has 0 saturated heterocycles. The molecule has 0 unspecified atom stereocenters. The molecule has 0 aliphatic carbocycles. The number of ether oxygens (including phenoxy) is 1. The van der Waals surface area contributed by atoms with Crippen LogP contribution in [0, 0.1) is 0 Å². The highest BCUT2D eigenvalue weighted by Gasteiger charge is 2.12. The summed E-state index contributed by atoms with van der Waals surface area (Å²) in [5.74, 6) is 0.574. The number of methoxy groups -OCH3 is 1. The lowest BCUT2D eigenvalue weighted by Gasteiger charge is -2.07. The van der Waals surface area contributed by atoms with Gasteiger partial charge in [-0.1, -0.05) is 5.16 Å². The van der Waals surface area contributed by atoms with E-state index in [1.165, 1.54) is 13.4 Å². The summed E-state index contributed by atoms with van der Waals surface area (Å²) in [5.41, 5.74) is 0.394. The minimum atomic E-state index is -0.427. The van der Waals surface area contributed by atoms with Gasteiger partial charge in [-0.15, -0.1) is 0 Å². The van der Waals surface area contributed by atoms with Crippen LogP contribution in [0.5, 0.6) is 0 Å². The number of rotatable bonds is 5. The molecule has 0 aromatic carbocycles. The second kappa shape index (κ2) is 5.76. The third kappa shape index (κ3) is 2.82. The molecule has 2 aromatic heterocycles. The Hall–Kier alpha value is -2.44. The summed E-state index contributed by atoms with van der Waals surface area (Å²) < 4.78 is 9.53. The van der Waals surface area contributed by atoms with Crippen molar-refractivity contribution in [2.24, 2.45) is 0 Å². The Kier molecular flexibility index (Phi) is 3.85. The predicted molar refractivity (Wildman–Crippen MR) is 62.1 cm³/mol. The standard InChI is InChI=1S/C11H12N4O3/c1-17-11(16)8-3-2-5-12-10(8)13-6-4-9-14-7-15-18-9/h2-3,5,7H,4,6H2,1H3,(H,12,13).